The molecule has 0 aliphatic carbocycles. The first kappa shape index (κ1) is 23.1. The SMILES string of the molecule is CC(NC(=O)CC1CSCCN1)c1ccc(NC(=O)Nc2ccccc2)cc1.Cl. The molecular weight excluding hydrogens is 408 g/mol. The molecule has 3 rings (SSSR count). The van der Waals surface area contributed by atoms with Crippen molar-refractivity contribution in [3.8, 4) is 0 Å². The molecule has 4 N–H and O–H groups in total. The summed E-state index contributed by atoms with van der Waals surface area (Å²) in [6.45, 7) is 2.93. The number of halogens is 1. The van der Waals surface area contributed by atoms with Crippen LogP contribution in [0, 0.1) is 0 Å². The lowest BCUT2D eigenvalue weighted by atomic mass is 10.1. The minimum absolute atomic E-state index is 0. The van der Waals surface area contributed by atoms with Crippen LogP contribution in [0.25, 0.3) is 0 Å². The van der Waals surface area contributed by atoms with Gasteiger partial charge in [0.2, 0.25) is 5.91 Å². The molecular formula is C21H27ClN4O2S. The zero-order chi connectivity index (χ0) is 19.8. The second-order valence-electron chi connectivity index (χ2n) is 6.79. The predicted octanol–water partition coefficient (Wildman–Crippen LogP) is 4.02. The Morgan fingerprint density at radius 2 is 1.72 bits per heavy atom. The Bertz CT molecular complexity index is 783. The molecule has 2 aromatic rings. The van der Waals surface area contributed by atoms with E-state index in [1.165, 1.54) is 0 Å². The maximum atomic E-state index is 12.3. The van der Waals surface area contributed by atoms with Crippen molar-refractivity contribution in [2.75, 3.05) is 28.7 Å². The van der Waals surface area contributed by atoms with Crippen molar-refractivity contribution in [2.24, 2.45) is 0 Å². The first-order chi connectivity index (χ1) is 13.6. The quantitative estimate of drug-likeness (QED) is 0.553. The number of carbonyl (C=O) groups is 2. The number of hydrogen-bond donors (Lipinski definition) is 4. The lowest BCUT2D eigenvalue weighted by molar-refractivity contribution is -0.122. The van der Waals surface area contributed by atoms with Gasteiger partial charge in [-0.1, -0.05) is 30.3 Å². The topological polar surface area (TPSA) is 82.3 Å². The molecule has 1 fully saturated rings. The third-order valence-corrected chi connectivity index (χ3v) is 5.64. The van der Waals surface area contributed by atoms with E-state index in [-0.39, 0.29) is 36.4 Å². The Morgan fingerprint density at radius 1 is 1.07 bits per heavy atom. The number of benzene rings is 2. The van der Waals surface area contributed by atoms with E-state index in [9.17, 15) is 9.59 Å². The average Bonchev–Trinajstić information content (AvgIpc) is 2.70. The minimum Gasteiger partial charge on any atom is -0.350 e. The Hall–Kier alpha value is -2.22. The summed E-state index contributed by atoms with van der Waals surface area (Å²) in [6.07, 6.45) is 0.497. The molecule has 6 nitrogen and oxygen atoms in total. The lowest BCUT2D eigenvalue weighted by Crippen LogP contribution is -2.41. The van der Waals surface area contributed by atoms with Crippen LogP contribution in [0.15, 0.2) is 54.6 Å². The summed E-state index contributed by atoms with van der Waals surface area (Å²) in [4.78, 5) is 24.3. The molecule has 0 radical (unpaired) electrons. The van der Waals surface area contributed by atoms with Gasteiger partial charge in [0.05, 0.1) is 6.04 Å². The normalized spacial score (nSPS) is 16.8. The number of hydrogen-bond acceptors (Lipinski definition) is 4. The maximum absolute atomic E-state index is 12.3. The fourth-order valence-corrected chi connectivity index (χ4v) is 3.98. The van der Waals surface area contributed by atoms with Crippen molar-refractivity contribution in [3.05, 3.63) is 60.2 Å². The second-order valence-corrected chi connectivity index (χ2v) is 7.94. The standard InChI is InChI=1S/C21H26N4O2S.ClH/c1-15(23-20(26)13-19-14-28-12-11-22-19)16-7-9-18(10-8-16)25-21(27)24-17-5-3-2-4-6-17;/h2-10,15,19,22H,11-14H2,1H3,(H,23,26)(H2,24,25,27);1H. The Morgan fingerprint density at radius 3 is 2.34 bits per heavy atom. The van der Waals surface area contributed by atoms with Crippen LogP contribution >= 0.6 is 24.2 Å². The van der Waals surface area contributed by atoms with E-state index in [1.807, 2.05) is 73.3 Å². The van der Waals surface area contributed by atoms with E-state index in [2.05, 4.69) is 21.3 Å². The maximum Gasteiger partial charge on any atom is 0.323 e. The molecule has 1 aliphatic rings. The smallest absolute Gasteiger partial charge is 0.323 e. The van der Waals surface area contributed by atoms with E-state index in [0.29, 0.717) is 12.1 Å². The van der Waals surface area contributed by atoms with Gasteiger partial charge in [-0.15, -0.1) is 12.4 Å². The van der Waals surface area contributed by atoms with Gasteiger partial charge >= 0.3 is 6.03 Å². The largest absolute Gasteiger partial charge is 0.350 e. The number of carbonyl (C=O) groups excluding carboxylic acids is 2. The summed E-state index contributed by atoms with van der Waals surface area (Å²) in [5.74, 6) is 2.14. The van der Waals surface area contributed by atoms with Crippen LogP contribution in [0.3, 0.4) is 0 Å². The molecule has 2 atom stereocenters. The molecule has 0 spiro atoms. The fraction of sp³-hybridized carbons (Fsp3) is 0.333. The van der Waals surface area contributed by atoms with Crippen LogP contribution in [0.1, 0.15) is 24.9 Å². The van der Waals surface area contributed by atoms with Crippen LogP contribution in [-0.2, 0) is 4.79 Å². The summed E-state index contributed by atoms with van der Waals surface area (Å²) in [5, 5.41) is 12.0. The van der Waals surface area contributed by atoms with Gasteiger partial charge in [0.25, 0.3) is 0 Å². The van der Waals surface area contributed by atoms with E-state index in [0.717, 1.165) is 29.3 Å². The van der Waals surface area contributed by atoms with Crippen molar-refractivity contribution in [1.82, 2.24) is 10.6 Å². The number of nitrogens with one attached hydrogen (secondary N) is 4. The van der Waals surface area contributed by atoms with Crippen molar-refractivity contribution < 1.29 is 9.59 Å². The van der Waals surface area contributed by atoms with Crippen molar-refractivity contribution in [2.45, 2.75) is 25.4 Å². The fourth-order valence-electron chi connectivity index (χ4n) is 3.03. The van der Waals surface area contributed by atoms with Gasteiger partial charge in [-0.3, -0.25) is 4.79 Å². The minimum atomic E-state index is -0.293. The highest BCUT2D eigenvalue weighted by molar-refractivity contribution is 7.99. The van der Waals surface area contributed by atoms with E-state index < -0.39 is 0 Å². The zero-order valence-electron chi connectivity index (χ0n) is 16.3. The van der Waals surface area contributed by atoms with Gasteiger partial charge in [0.1, 0.15) is 0 Å². The van der Waals surface area contributed by atoms with E-state index in [4.69, 9.17) is 0 Å². The lowest BCUT2D eigenvalue weighted by Gasteiger charge is -2.23. The van der Waals surface area contributed by atoms with E-state index >= 15 is 0 Å². The van der Waals surface area contributed by atoms with Crippen molar-refractivity contribution >= 4 is 47.5 Å². The number of anilines is 2. The third kappa shape index (κ3) is 7.61. The molecule has 156 valence electrons. The van der Waals surface area contributed by atoms with Crippen molar-refractivity contribution in [3.63, 3.8) is 0 Å². The summed E-state index contributed by atoms with van der Waals surface area (Å²) in [7, 11) is 0. The molecule has 0 bridgehead atoms. The highest BCUT2D eigenvalue weighted by Crippen LogP contribution is 2.17. The number of urea groups is 1. The first-order valence-corrected chi connectivity index (χ1v) is 10.6. The monoisotopic (exact) mass is 434 g/mol. The Kier molecular flexibility index (Phi) is 9.31. The van der Waals surface area contributed by atoms with Crippen LogP contribution in [0.2, 0.25) is 0 Å². The van der Waals surface area contributed by atoms with Gasteiger partial charge in [-0.2, -0.15) is 11.8 Å². The molecule has 0 aromatic heterocycles. The number of amides is 3. The molecule has 8 heteroatoms. The number of thioether (sulfide) groups is 1. The molecule has 2 unspecified atom stereocenters. The van der Waals surface area contributed by atoms with Crippen LogP contribution in [0.5, 0.6) is 0 Å². The number of para-hydroxylation sites is 1. The van der Waals surface area contributed by atoms with Gasteiger partial charge in [-0.25, -0.2) is 4.79 Å². The van der Waals surface area contributed by atoms with Gasteiger partial charge in [0.15, 0.2) is 0 Å². The molecule has 1 saturated heterocycles. The molecule has 1 heterocycles. The molecule has 29 heavy (non-hydrogen) atoms. The highest BCUT2D eigenvalue weighted by atomic mass is 35.5. The molecule has 3 amide bonds. The zero-order valence-corrected chi connectivity index (χ0v) is 17.9. The third-order valence-electron chi connectivity index (χ3n) is 4.51. The summed E-state index contributed by atoms with van der Waals surface area (Å²) in [5.41, 5.74) is 2.42. The average molecular weight is 435 g/mol. The van der Waals surface area contributed by atoms with Crippen LogP contribution < -0.4 is 21.3 Å². The first-order valence-electron chi connectivity index (χ1n) is 9.43. The van der Waals surface area contributed by atoms with E-state index in [1.54, 1.807) is 0 Å². The summed E-state index contributed by atoms with van der Waals surface area (Å²) in [6, 6.07) is 16.6. The number of rotatable bonds is 6. The Labute approximate surface area is 182 Å². The van der Waals surface area contributed by atoms with Crippen LogP contribution in [0.4, 0.5) is 16.2 Å². The summed E-state index contributed by atoms with van der Waals surface area (Å²) < 4.78 is 0. The molecule has 2 aromatic carbocycles. The highest BCUT2D eigenvalue weighted by Gasteiger charge is 2.18. The molecule has 0 saturated carbocycles. The molecule has 1 aliphatic heterocycles. The van der Waals surface area contributed by atoms with Crippen molar-refractivity contribution in [1.29, 1.82) is 0 Å². The Balaban J connectivity index is 0.00000300. The van der Waals surface area contributed by atoms with Gasteiger partial charge in [0, 0.05) is 41.9 Å². The summed E-state index contributed by atoms with van der Waals surface area (Å²) >= 11 is 1.88. The van der Waals surface area contributed by atoms with Gasteiger partial charge in [-0.05, 0) is 36.8 Å². The predicted molar refractivity (Wildman–Crippen MR) is 123 cm³/mol. The van der Waals surface area contributed by atoms with Crippen LogP contribution in [-0.4, -0.2) is 36.0 Å². The second kappa shape index (κ2) is 11.7. The van der Waals surface area contributed by atoms with Gasteiger partial charge < -0.3 is 21.3 Å².